The summed E-state index contributed by atoms with van der Waals surface area (Å²) in [6, 6.07) is 19.5. The highest BCUT2D eigenvalue weighted by atomic mass is 16.9. The molecular formula is C26H27N5O3. The fraction of sp³-hybridized carbons (Fsp3) is 0.269. The van der Waals surface area contributed by atoms with Gasteiger partial charge in [0.2, 0.25) is 0 Å². The molecule has 0 saturated carbocycles. The Morgan fingerprint density at radius 1 is 1.00 bits per heavy atom. The molecule has 1 amide bonds. The van der Waals surface area contributed by atoms with Crippen LogP contribution in [0, 0.1) is 0 Å². The van der Waals surface area contributed by atoms with Gasteiger partial charge in [0.05, 0.1) is 11.4 Å². The number of fused-ring (bicyclic) bond motifs is 1. The Bertz CT molecular complexity index is 1290. The molecule has 2 N–H and O–H groups in total. The molecule has 0 atom stereocenters. The van der Waals surface area contributed by atoms with E-state index >= 15 is 0 Å². The van der Waals surface area contributed by atoms with Crippen LogP contribution in [-0.4, -0.2) is 59.5 Å². The van der Waals surface area contributed by atoms with Crippen molar-refractivity contribution in [2.75, 3.05) is 27.2 Å². The lowest BCUT2D eigenvalue weighted by Crippen LogP contribution is -2.31. The number of H-pyrrole nitrogens is 1. The van der Waals surface area contributed by atoms with Crippen molar-refractivity contribution in [3.05, 3.63) is 71.8 Å². The normalized spacial score (nSPS) is 17.6. The molecule has 0 bridgehead atoms. The van der Waals surface area contributed by atoms with Crippen LogP contribution in [0.25, 0.3) is 33.5 Å². The van der Waals surface area contributed by atoms with Gasteiger partial charge in [0.1, 0.15) is 0 Å². The number of nitrogens with one attached hydrogen (secondary N) is 2. The molecule has 2 aromatic heterocycles. The summed E-state index contributed by atoms with van der Waals surface area (Å²) >= 11 is 0. The first kappa shape index (κ1) is 22.2. The van der Waals surface area contributed by atoms with Gasteiger partial charge < -0.3 is 19.7 Å². The lowest BCUT2D eigenvalue weighted by atomic mass is 10.0. The minimum atomic E-state index is -0.290. The average Bonchev–Trinajstić information content (AvgIpc) is 3.25. The molecule has 1 saturated heterocycles. The van der Waals surface area contributed by atoms with Crippen LogP contribution in [0.5, 0.6) is 0 Å². The molecule has 2 aromatic carbocycles. The summed E-state index contributed by atoms with van der Waals surface area (Å²) in [5.41, 5.74) is 5.90. The van der Waals surface area contributed by atoms with Gasteiger partial charge in [-0.2, -0.15) is 5.10 Å². The zero-order chi connectivity index (χ0) is 23.7. The van der Waals surface area contributed by atoms with Crippen LogP contribution in [0.1, 0.15) is 29.1 Å². The van der Waals surface area contributed by atoms with Crippen LogP contribution < -0.4 is 5.32 Å². The number of pyridine rings is 1. The lowest BCUT2D eigenvalue weighted by molar-refractivity contribution is -0.382. The van der Waals surface area contributed by atoms with Crippen molar-refractivity contribution >= 4 is 16.9 Å². The Morgan fingerprint density at radius 3 is 2.38 bits per heavy atom. The van der Waals surface area contributed by atoms with E-state index < -0.39 is 0 Å². The van der Waals surface area contributed by atoms with Crippen molar-refractivity contribution in [3.63, 3.8) is 0 Å². The summed E-state index contributed by atoms with van der Waals surface area (Å²) in [7, 11) is 3.95. The predicted molar refractivity (Wildman–Crippen MR) is 130 cm³/mol. The fourth-order valence-electron chi connectivity index (χ4n) is 3.89. The zero-order valence-corrected chi connectivity index (χ0v) is 19.4. The van der Waals surface area contributed by atoms with E-state index in [1.807, 2.05) is 86.6 Å². The van der Waals surface area contributed by atoms with E-state index in [9.17, 15) is 4.79 Å². The van der Waals surface area contributed by atoms with Crippen molar-refractivity contribution in [2.24, 2.45) is 0 Å². The van der Waals surface area contributed by atoms with Gasteiger partial charge in [-0.05, 0) is 45.3 Å². The maximum Gasteiger partial charge on any atom is 0.251 e. The first-order valence-electron chi connectivity index (χ1n) is 11.3. The molecule has 1 aliphatic rings. The number of aromatic nitrogens is 3. The molecule has 8 nitrogen and oxygen atoms in total. The molecule has 1 aliphatic heterocycles. The summed E-state index contributed by atoms with van der Waals surface area (Å²) in [5, 5.41) is 11.4. The first-order valence-corrected chi connectivity index (χ1v) is 11.3. The number of rotatable bonds is 7. The lowest BCUT2D eigenvalue weighted by Gasteiger charge is -2.33. The van der Waals surface area contributed by atoms with Gasteiger partial charge in [0.15, 0.2) is 18.2 Å². The summed E-state index contributed by atoms with van der Waals surface area (Å²) in [5.74, 6) is -0.0790. The van der Waals surface area contributed by atoms with Crippen LogP contribution >= 0.6 is 0 Å². The molecule has 1 fully saturated rings. The van der Waals surface area contributed by atoms with Crippen molar-refractivity contribution in [3.8, 4) is 22.5 Å². The molecule has 3 heterocycles. The van der Waals surface area contributed by atoms with E-state index in [2.05, 4.69) is 15.5 Å². The number of ether oxygens (including phenoxy) is 2. The van der Waals surface area contributed by atoms with Crippen LogP contribution in [0.15, 0.2) is 60.7 Å². The van der Waals surface area contributed by atoms with Gasteiger partial charge in [-0.15, -0.1) is 0 Å². The molecular weight excluding hydrogens is 430 g/mol. The molecule has 5 rings (SSSR count). The third-order valence-electron chi connectivity index (χ3n) is 5.81. The van der Waals surface area contributed by atoms with Crippen LogP contribution in [-0.2, 0) is 9.47 Å². The van der Waals surface area contributed by atoms with Crippen molar-refractivity contribution in [2.45, 2.75) is 19.5 Å². The van der Waals surface area contributed by atoms with Gasteiger partial charge in [0.25, 0.3) is 5.91 Å². The summed E-state index contributed by atoms with van der Waals surface area (Å²) in [6.07, 6.45) is -0.440. The van der Waals surface area contributed by atoms with E-state index in [-0.39, 0.29) is 18.5 Å². The standard InChI is InChI=1S/C26H27N5O3/c1-16-33-26(34-16)20-10-6-18(7-11-20)23-21-12-13-22(28-24(21)30-29-23)17-4-8-19(9-5-17)25(32)27-14-15-31(2)3/h4-13,16,26H,14-15H2,1-3H3,(H,27,32)(H,28,29,30). The fourth-order valence-corrected chi connectivity index (χ4v) is 3.89. The monoisotopic (exact) mass is 457 g/mol. The molecule has 0 radical (unpaired) electrons. The second kappa shape index (κ2) is 9.34. The Balaban J connectivity index is 1.31. The highest BCUT2D eigenvalue weighted by molar-refractivity contribution is 5.95. The Labute approximate surface area is 197 Å². The van der Waals surface area contributed by atoms with Gasteiger partial charge >= 0.3 is 0 Å². The zero-order valence-electron chi connectivity index (χ0n) is 19.4. The second-order valence-corrected chi connectivity index (χ2v) is 8.60. The first-order chi connectivity index (χ1) is 16.5. The quantitative estimate of drug-likeness (QED) is 0.436. The number of aromatic amines is 1. The number of amides is 1. The molecule has 0 unspecified atom stereocenters. The summed E-state index contributed by atoms with van der Waals surface area (Å²) < 4.78 is 11.1. The number of nitrogens with zero attached hydrogens (tertiary/aromatic N) is 3. The third kappa shape index (κ3) is 4.56. The van der Waals surface area contributed by atoms with Crippen LogP contribution in [0.2, 0.25) is 0 Å². The van der Waals surface area contributed by atoms with E-state index in [1.165, 1.54) is 0 Å². The molecule has 4 aromatic rings. The molecule has 0 aliphatic carbocycles. The maximum atomic E-state index is 12.3. The molecule has 8 heteroatoms. The van der Waals surface area contributed by atoms with E-state index in [0.717, 1.165) is 40.0 Å². The second-order valence-electron chi connectivity index (χ2n) is 8.60. The van der Waals surface area contributed by atoms with Crippen molar-refractivity contribution < 1.29 is 14.3 Å². The summed E-state index contributed by atoms with van der Waals surface area (Å²) in [6.45, 7) is 3.28. The van der Waals surface area contributed by atoms with E-state index in [1.54, 1.807) is 0 Å². The molecule has 34 heavy (non-hydrogen) atoms. The van der Waals surface area contributed by atoms with E-state index in [4.69, 9.17) is 14.5 Å². The SMILES string of the molecule is CC1OC(c2ccc(-c3[nH]nc4nc(-c5ccc(C(=O)NCCN(C)C)cc5)ccc34)cc2)O1. The van der Waals surface area contributed by atoms with Gasteiger partial charge in [-0.1, -0.05) is 36.4 Å². The number of benzene rings is 2. The number of likely N-dealkylation sites (N-methyl/N-ethyl adjacent to an activating group) is 1. The highest BCUT2D eigenvalue weighted by Gasteiger charge is 2.28. The molecule has 0 spiro atoms. The Kier molecular flexibility index (Phi) is 6.10. The van der Waals surface area contributed by atoms with Gasteiger partial charge in [-0.3, -0.25) is 9.89 Å². The minimum Gasteiger partial charge on any atom is -0.351 e. The summed E-state index contributed by atoms with van der Waals surface area (Å²) in [4.78, 5) is 19.1. The van der Waals surface area contributed by atoms with Crippen LogP contribution in [0.4, 0.5) is 0 Å². The average molecular weight is 458 g/mol. The van der Waals surface area contributed by atoms with Crippen molar-refractivity contribution in [1.82, 2.24) is 25.4 Å². The van der Waals surface area contributed by atoms with Crippen molar-refractivity contribution in [1.29, 1.82) is 0 Å². The Morgan fingerprint density at radius 2 is 1.71 bits per heavy atom. The number of carbonyl (C=O) groups excluding carboxylic acids is 1. The number of hydrogen-bond donors (Lipinski definition) is 2. The highest BCUT2D eigenvalue weighted by Crippen LogP contribution is 2.33. The number of hydrogen-bond acceptors (Lipinski definition) is 6. The van der Waals surface area contributed by atoms with Gasteiger partial charge in [0, 0.05) is 40.7 Å². The topological polar surface area (TPSA) is 92.4 Å². The molecule has 174 valence electrons. The number of carbonyl (C=O) groups is 1. The van der Waals surface area contributed by atoms with Crippen LogP contribution in [0.3, 0.4) is 0 Å². The van der Waals surface area contributed by atoms with E-state index in [0.29, 0.717) is 17.8 Å². The third-order valence-corrected chi connectivity index (χ3v) is 5.81. The van der Waals surface area contributed by atoms with Gasteiger partial charge in [-0.25, -0.2) is 4.98 Å². The Hall–Kier alpha value is -3.59. The predicted octanol–water partition coefficient (Wildman–Crippen LogP) is 3.97. The maximum absolute atomic E-state index is 12.3. The largest absolute Gasteiger partial charge is 0.351 e. The smallest absolute Gasteiger partial charge is 0.251 e. The minimum absolute atomic E-state index is 0.0790.